The summed E-state index contributed by atoms with van der Waals surface area (Å²) >= 11 is 0. The SMILES string of the molecule is CNCc1nc2c([nH]1)CCC2(C)C. The van der Waals surface area contributed by atoms with Crippen LogP contribution >= 0.6 is 0 Å². The normalized spacial score (nSPS) is 19.0. The zero-order chi connectivity index (χ0) is 9.47. The molecule has 0 atom stereocenters. The Labute approximate surface area is 79.0 Å². The first-order valence-electron chi connectivity index (χ1n) is 4.86. The molecule has 2 N–H and O–H groups in total. The molecular weight excluding hydrogens is 162 g/mol. The minimum absolute atomic E-state index is 0.276. The van der Waals surface area contributed by atoms with Crippen molar-refractivity contribution in [2.24, 2.45) is 0 Å². The molecule has 0 aliphatic heterocycles. The Kier molecular flexibility index (Phi) is 1.91. The molecule has 0 saturated carbocycles. The summed E-state index contributed by atoms with van der Waals surface area (Å²) < 4.78 is 0. The number of nitrogens with zero attached hydrogens (tertiary/aromatic N) is 1. The predicted molar refractivity (Wildman–Crippen MR) is 52.7 cm³/mol. The Morgan fingerprint density at radius 1 is 1.54 bits per heavy atom. The van der Waals surface area contributed by atoms with Gasteiger partial charge in [0.2, 0.25) is 0 Å². The first-order chi connectivity index (χ1) is 6.13. The monoisotopic (exact) mass is 179 g/mol. The van der Waals surface area contributed by atoms with Crippen molar-refractivity contribution in [3.8, 4) is 0 Å². The lowest BCUT2D eigenvalue weighted by Crippen LogP contribution is -2.14. The summed E-state index contributed by atoms with van der Waals surface area (Å²) in [7, 11) is 1.94. The van der Waals surface area contributed by atoms with E-state index in [1.807, 2.05) is 7.05 Å². The molecule has 72 valence electrons. The highest BCUT2D eigenvalue weighted by atomic mass is 15.0. The van der Waals surface area contributed by atoms with E-state index in [0.29, 0.717) is 0 Å². The number of rotatable bonds is 2. The van der Waals surface area contributed by atoms with Gasteiger partial charge in [-0.3, -0.25) is 0 Å². The lowest BCUT2D eigenvalue weighted by Gasteiger charge is -2.15. The van der Waals surface area contributed by atoms with Crippen LogP contribution in [0.4, 0.5) is 0 Å². The molecule has 1 aliphatic carbocycles. The summed E-state index contributed by atoms with van der Waals surface area (Å²) in [5, 5.41) is 3.11. The average molecular weight is 179 g/mol. The number of aromatic amines is 1. The molecular formula is C10H17N3. The Balaban J connectivity index is 2.31. The number of aromatic nitrogens is 2. The smallest absolute Gasteiger partial charge is 0.120 e. The third-order valence-corrected chi connectivity index (χ3v) is 2.81. The topological polar surface area (TPSA) is 40.7 Å². The van der Waals surface area contributed by atoms with Gasteiger partial charge in [0.25, 0.3) is 0 Å². The van der Waals surface area contributed by atoms with Crippen LogP contribution in [0.1, 0.15) is 37.5 Å². The minimum Gasteiger partial charge on any atom is -0.345 e. The van der Waals surface area contributed by atoms with Gasteiger partial charge in [0.15, 0.2) is 0 Å². The van der Waals surface area contributed by atoms with E-state index in [1.165, 1.54) is 17.8 Å². The van der Waals surface area contributed by atoms with Crippen molar-refractivity contribution in [2.45, 2.75) is 38.6 Å². The highest BCUT2D eigenvalue weighted by Crippen LogP contribution is 2.36. The van der Waals surface area contributed by atoms with Gasteiger partial charge in [-0.2, -0.15) is 0 Å². The molecule has 1 aliphatic rings. The van der Waals surface area contributed by atoms with E-state index < -0.39 is 0 Å². The second-order valence-electron chi connectivity index (χ2n) is 4.42. The van der Waals surface area contributed by atoms with Crippen molar-refractivity contribution >= 4 is 0 Å². The van der Waals surface area contributed by atoms with E-state index in [9.17, 15) is 0 Å². The minimum atomic E-state index is 0.276. The molecule has 3 heteroatoms. The fraction of sp³-hybridized carbons (Fsp3) is 0.700. The lowest BCUT2D eigenvalue weighted by molar-refractivity contribution is 0.505. The molecule has 0 amide bonds. The van der Waals surface area contributed by atoms with Gasteiger partial charge in [0, 0.05) is 11.1 Å². The maximum atomic E-state index is 4.62. The van der Waals surface area contributed by atoms with Crippen LogP contribution in [0.5, 0.6) is 0 Å². The van der Waals surface area contributed by atoms with Crippen LogP contribution in [0.3, 0.4) is 0 Å². The van der Waals surface area contributed by atoms with Crippen molar-refractivity contribution in [3.05, 3.63) is 17.2 Å². The van der Waals surface area contributed by atoms with Crippen LogP contribution in [0.15, 0.2) is 0 Å². The summed E-state index contributed by atoms with van der Waals surface area (Å²) in [5.74, 6) is 1.07. The molecule has 0 aromatic carbocycles. The van der Waals surface area contributed by atoms with E-state index >= 15 is 0 Å². The first kappa shape index (κ1) is 8.75. The first-order valence-corrected chi connectivity index (χ1v) is 4.86. The number of hydrogen-bond acceptors (Lipinski definition) is 2. The van der Waals surface area contributed by atoms with Crippen molar-refractivity contribution in [1.29, 1.82) is 0 Å². The van der Waals surface area contributed by atoms with Gasteiger partial charge in [-0.15, -0.1) is 0 Å². The summed E-state index contributed by atoms with van der Waals surface area (Å²) in [4.78, 5) is 7.99. The molecule has 1 heterocycles. The van der Waals surface area contributed by atoms with Crippen molar-refractivity contribution in [1.82, 2.24) is 15.3 Å². The van der Waals surface area contributed by atoms with Gasteiger partial charge < -0.3 is 10.3 Å². The molecule has 0 fully saturated rings. The zero-order valence-corrected chi connectivity index (χ0v) is 8.57. The number of nitrogens with one attached hydrogen (secondary N) is 2. The van der Waals surface area contributed by atoms with Crippen LogP contribution in [-0.4, -0.2) is 17.0 Å². The fourth-order valence-corrected chi connectivity index (χ4v) is 2.01. The Bertz CT molecular complexity index is 312. The zero-order valence-electron chi connectivity index (χ0n) is 8.57. The van der Waals surface area contributed by atoms with E-state index in [0.717, 1.165) is 18.8 Å². The standard InChI is InChI=1S/C10H17N3/c1-10(2)5-4-7-9(10)13-8(12-7)6-11-3/h11H,4-6H2,1-3H3,(H,12,13). The van der Waals surface area contributed by atoms with Crippen LogP contribution in [0.25, 0.3) is 0 Å². The Morgan fingerprint density at radius 3 is 2.92 bits per heavy atom. The molecule has 0 saturated heterocycles. The summed E-state index contributed by atoms with van der Waals surface area (Å²) in [6.45, 7) is 5.37. The highest BCUT2D eigenvalue weighted by molar-refractivity contribution is 5.28. The summed E-state index contributed by atoms with van der Waals surface area (Å²) in [6, 6.07) is 0. The number of hydrogen-bond donors (Lipinski definition) is 2. The predicted octanol–water partition coefficient (Wildman–Crippen LogP) is 1.35. The van der Waals surface area contributed by atoms with E-state index in [1.54, 1.807) is 0 Å². The molecule has 2 rings (SSSR count). The molecule has 0 bridgehead atoms. The second kappa shape index (κ2) is 2.84. The van der Waals surface area contributed by atoms with Gasteiger partial charge in [0.1, 0.15) is 5.82 Å². The molecule has 13 heavy (non-hydrogen) atoms. The lowest BCUT2D eigenvalue weighted by atomic mass is 9.91. The third kappa shape index (κ3) is 1.37. The quantitative estimate of drug-likeness (QED) is 0.719. The molecule has 1 aromatic heterocycles. The number of H-pyrrole nitrogens is 1. The summed E-state index contributed by atoms with van der Waals surface area (Å²) in [6.07, 6.45) is 2.38. The van der Waals surface area contributed by atoms with E-state index in [-0.39, 0.29) is 5.41 Å². The third-order valence-electron chi connectivity index (χ3n) is 2.81. The van der Waals surface area contributed by atoms with Gasteiger partial charge in [0.05, 0.1) is 12.2 Å². The van der Waals surface area contributed by atoms with Gasteiger partial charge >= 0.3 is 0 Å². The molecule has 3 nitrogen and oxygen atoms in total. The largest absolute Gasteiger partial charge is 0.345 e. The van der Waals surface area contributed by atoms with Crippen molar-refractivity contribution in [2.75, 3.05) is 7.05 Å². The van der Waals surface area contributed by atoms with Crippen molar-refractivity contribution in [3.63, 3.8) is 0 Å². The van der Waals surface area contributed by atoms with Crippen molar-refractivity contribution < 1.29 is 0 Å². The fourth-order valence-electron chi connectivity index (χ4n) is 2.01. The Hall–Kier alpha value is -0.830. The van der Waals surface area contributed by atoms with Crippen LogP contribution < -0.4 is 5.32 Å². The number of fused-ring (bicyclic) bond motifs is 1. The van der Waals surface area contributed by atoms with Gasteiger partial charge in [-0.1, -0.05) is 13.8 Å². The molecule has 0 spiro atoms. The summed E-state index contributed by atoms with van der Waals surface area (Å²) in [5.41, 5.74) is 2.89. The maximum Gasteiger partial charge on any atom is 0.120 e. The Morgan fingerprint density at radius 2 is 2.31 bits per heavy atom. The van der Waals surface area contributed by atoms with Gasteiger partial charge in [-0.05, 0) is 19.9 Å². The number of imidazole rings is 1. The van der Waals surface area contributed by atoms with Crippen LogP contribution in [0.2, 0.25) is 0 Å². The molecule has 0 radical (unpaired) electrons. The highest BCUT2D eigenvalue weighted by Gasteiger charge is 2.33. The molecule has 1 aromatic rings. The molecule has 0 unspecified atom stereocenters. The maximum absolute atomic E-state index is 4.62. The number of aryl methyl sites for hydroxylation is 1. The average Bonchev–Trinajstić information content (AvgIpc) is 2.55. The van der Waals surface area contributed by atoms with E-state index in [4.69, 9.17) is 0 Å². The van der Waals surface area contributed by atoms with E-state index in [2.05, 4.69) is 29.1 Å². The van der Waals surface area contributed by atoms with Crippen LogP contribution in [-0.2, 0) is 18.4 Å². The van der Waals surface area contributed by atoms with Crippen LogP contribution in [0, 0.1) is 0 Å². The second-order valence-corrected chi connectivity index (χ2v) is 4.42. The van der Waals surface area contributed by atoms with Gasteiger partial charge in [-0.25, -0.2) is 4.98 Å².